The van der Waals surface area contributed by atoms with Gasteiger partial charge in [-0.1, -0.05) is 11.2 Å². The Morgan fingerprint density at radius 3 is 2.83 bits per heavy atom. The van der Waals surface area contributed by atoms with Crippen LogP contribution in [0, 0.1) is 5.82 Å². The third-order valence-electron chi connectivity index (χ3n) is 4.51. The summed E-state index contributed by atoms with van der Waals surface area (Å²) >= 11 is 0. The van der Waals surface area contributed by atoms with Gasteiger partial charge in [0.1, 0.15) is 23.6 Å². The van der Waals surface area contributed by atoms with Crippen LogP contribution >= 0.6 is 0 Å². The van der Waals surface area contributed by atoms with Crippen LogP contribution in [0.4, 0.5) is 10.1 Å². The molecule has 0 atom stereocenters. The van der Waals surface area contributed by atoms with Crippen molar-refractivity contribution in [2.75, 3.05) is 18.4 Å². The molecule has 4 rings (SSSR count). The maximum absolute atomic E-state index is 13.9. The molecule has 0 unspecified atom stereocenters. The second kappa shape index (κ2) is 5.33. The van der Waals surface area contributed by atoms with Gasteiger partial charge in [0.15, 0.2) is 5.69 Å². The van der Waals surface area contributed by atoms with E-state index in [1.165, 1.54) is 12.3 Å². The minimum atomic E-state index is -0.606. The van der Waals surface area contributed by atoms with E-state index in [2.05, 4.69) is 15.5 Å². The van der Waals surface area contributed by atoms with Gasteiger partial charge in [-0.15, -0.1) is 0 Å². The van der Waals surface area contributed by atoms with Crippen LogP contribution < -0.4 is 11.1 Å². The third-order valence-corrected chi connectivity index (χ3v) is 4.51. The predicted octanol–water partition coefficient (Wildman–Crippen LogP) is 1.58. The number of rotatable bonds is 1. The summed E-state index contributed by atoms with van der Waals surface area (Å²) in [6, 6.07) is 6.33. The quantitative estimate of drug-likeness (QED) is 0.828. The first kappa shape index (κ1) is 14.7. The summed E-state index contributed by atoms with van der Waals surface area (Å²) in [5, 5.41) is 6.97. The highest BCUT2D eigenvalue weighted by molar-refractivity contribution is 6.04. The number of nitrogens with two attached hydrogens (primary N) is 1. The highest BCUT2D eigenvalue weighted by Crippen LogP contribution is 2.35. The van der Waals surface area contributed by atoms with Crippen molar-refractivity contribution >= 4 is 17.4 Å². The maximum Gasteiger partial charge on any atom is 0.276 e. The molecule has 1 fully saturated rings. The first-order valence-corrected chi connectivity index (χ1v) is 7.70. The summed E-state index contributed by atoms with van der Waals surface area (Å²) in [4.78, 5) is 18.5. The van der Waals surface area contributed by atoms with Crippen LogP contribution in [0.1, 0.15) is 28.9 Å². The SMILES string of the molecule is NC1=NC2(CCN(C(=O)c3ccon3)CC2)Nc2cccc(F)c21. The van der Waals surface area contributed by atoms with Gasteiger partial charge in [0.25, 0.3) is 5.91 Å². The van der Waals surface area contributed by atoms with Crippen LogP contribution in [-0.2, 0) is 0 Å². The van der Waals surface area contributed by atoms with E-state index < -0.39 is 11.5 Å². The molecule has 1 amide bonds. The van der Waals surface area contributed by atoms with Gasteiger partial charge >= 0.3 is 0 Å². The molecule has 2 aromatic rings. The Balaban J connectivity index is 1.54. The summed E-state index contributed by atoms with van der Waals surface area (Å²) in [6.07, 6.45) is 2.53. The molecule has 1 saturated heterocycles. The number of hydrogen-bond donors (Lipinski definition) is 2. The summed E-state index contributed by atoms with van der Waals surface area (Å²) in [5.41, 5.74) is 6.62. The largest absolute Gasteiger partial charge is 0.383 e. The van der Waals surface area contributed by atoms with Gasteiger partial charge in [-0.3, -0.25) is 4.79 Å². The molecule has 2 aliphatic rings. The lowest BCUT2D eigenvalue weighted by molar-refractivity contribution is 0.0675. The molecular formula is C16H16FN5O2. The van der Waals surface area contributed by atoms with Gasteiger partial charge in [0, 0.05) is 37.7 Å². The zero-order chi connectivity index (χ0) is 16.7. The number of likely N-dealkylation sites (tertiary alicyclic amines) is 1. The highest BCUT2D eigenvalue weighted by atomic mass is 19.1. The number of nitrogens with zero attached hydrogens (tertiary/aromatic N) is 3. The van der Waals surface area contributed by atoms with E-state index in [-0.39, 0.29) is 17.4 Å². The Labute approximate surface area is 137 Å². The van der Waals surface area contributed by atoms with E-state index in [9.17, 15) is 9.18 Å². The molecule has 1 aromatic heterocycles. The van der Waals surface area contributed by atoms with E-state index >= 15 is 0 Å². The fraction of sp³-hybridized carbons (Fsp3) is 0.312. The third kappa shape index (κ3) is 2.31. The van der Waals surface area contributed by atoms with Gasteiger partial charge in [-0.25, -0.2) is 9.38 Å². The number of carbonyl (C=O) groups is 1. The lowest BCUT2D eigenvalue weighted by atomic mass is 9.93. The molecule has 124 valence electrons. The van der Waals surface area contributed by atoms with Crippen molar-refractivity contribution in [3.05, 3.63) is 47.6 Å². The number of fused-ring (bicyclic) bond motifs is 1. The first-order chi connectivity index (χ1) is 11.6. The summed E-state index contributed by atoms with van der Waals surface area (Å²) in [6.45, 7) is 1.00. The van der Waals surface area contributed by atoms with Crippen molar-refractivity contribution in [3.8, 4) is 0 Å². The number of nitrogens with one attached hydrogen (secondary N) is 1. The molecule has 1 aromatic carbocycles. The maximum atomic E-state index is 13.9. The zero-order valence-electron chi connectivity index (χ0n) is 12.8. The Hall–Kier alpha value is -2.90. The lowest BCUT2D eigenvalue weighted by Crippen LogP contribution is -2.52. The monoisotopic (exact) mass is 329 g/mol. The van der Waals surface area contributed by atoms with E-state index in [0.29, 0.717) is 37.2 Å². The molecule has 0 radical (unpaired) electrons. The molecule has 2 aliphatic heterocycles. The minimum Gasteiger partial charge on any atom is -0.383 e. The summed E-state index contributed by atoms with van der Waals surface area (Å²) < 4.78 is 18.6. The topological polar surface area (TPSA) is 96.8 Å². The second-order valence-electron chi connectivity index (χ2n) is 5.99. The van der Waals surface area contributed by atoms with E-state index in [1.54, 1.807) is 23.1 Å². The van der Waals surface area contributed by atoms with Gasteiger partial charge in [-0.2, -0.15) is 0 Å². The van der Waals surface area contributed by atoms with Crippen molar-refractivity contribution in [3.63, 3.8) is 0 Å². The minimum absolute atomic E-state index is 0.169. The Morgan fingerprint density at radius 2 is 2.12 bits per heavy atom. The lowest BCUT2D eigenvalue weighted by Gasteiger charge is -2.42. The highest BCUT2D eigenvalue weighted by Gasteiger charge is 2.39. The number of aliphatic imine (C=N–C) groups is 1. The van der Waals surface area contributed by atoms with Gasteiger partial charge < -0.3 is 20.5 Å². The molecule has 3 heterocycles. The average Bonchev–Trinajstić information content (AvgIpc) is 3.09. The van der Waals surface area contributed by atoms with Crippen molar-refractivity contribution in [2.45, 2.75) is 18.5 Å². The van der Waals surface area contributed by atoms with Gasteiger partial charge in [0.05, 0.1) is 5.56 Å². The number of aromatic nitrogens is 1. The number of benzene rings is 1. The van der Waals surface area contributed by atoms with E-state index in [0.717, 1.165) is 0 Å². The Kier molecular flexibility index (Phi) is 3.26. The number of anilines is 1. The molecule has 0 bridgehead atoms. The average molecular weight is 329 g/mol. The first-order valence-electron chi connectivity index (χ1n) is 7.70. The van der Waals surface area contributed by atoms with Crippen LogP contribution in [0.3, 0.4) is 0 Å². The number of amides is 1. The Bertz CT molecular complexity index is 810. The van der Waals surface area contributed by atoms with Crippen molar-refractivity contribution in [2.24, 2.45) is 10.7 Å². The van der Waals surface area contributed by atoms with E-state index in [4.69, 9.17) is 10.3 Å². The summed E-state index contributed by atoms with van der Waals surface area (Å²) in [5.74, 6) is -0.370. The van der Waals surface area contributed by atoms with Crippen molar-refractivity contribution in [1.29, 1.82) is 0 Å². The van der Waals surface area contributed by atoms with Crippen LogP contribution in [0.2, 0.25) is 0 Å². The van der Waals surface area contributed by atoms with E-state index in [1.807, 2.05) is 0 Å². The molecule has 7 nitrogen and oxygen atoms in total. The predicted molar refractivity (Wildman–Crippen MR) is 85.1 cm³/mol. The number of piperidine rings is 1. The van der Waals surface area contributed by atoms with Crippen LogP contribution in [-0.4, -0.2) is 40.6 Å². The van der Waals surface area contributed by atoms with Crippen LogP contribution in [0.15, 0.2) is 40.0 Å². The van der Waals surface area contributed by atoms with Gasteiger partial charge in [0.2, 0.25) is 0 Å². The summed E-state index contributed by atoms with van der Waals surface area (Å²) in [7, 11) is 0. The molecule has 24 heavy (non-hydrogen) atoms. The smallest absolute Gasteiger partial charge is 0.276 e. The van der Waals surface area contributed by atoms with Crippen LogP contribution in [0.5, 0.6) is 0 Å². The zero-order valence-corrected chi connectivity index (χ0v) is 12.8. The van der Waals surface area contributed by atoms with Crippen LogP contribution in [0.25, 0.3) is 0 Å². The molecule has 8 heteroatoms. The second-order valence-corrected chi connectivity index (χ2v) is 5.99. The molecule has 1 spiro atoms. The number of hydrogen-bond acceptors (Lipinski definition) is 6. The number of halogens is 1. The standard InChI is InChI=1S/C16H16FN5O2/c17-10-2-1-3-11-13(10)14(18)20-16(19-11)5-7-22(8-6-16)15(23)12-4-9-24-21-12/h1-4,9,19H,5-8H2,(H2,18,20). The molecule has 3 N–H and O–H groups in total. The Morgan fingerprint density at radius 1 is 1.33 bits per heavy atom. The number of amidine groups is 1. The van der Waals surface area contributed by atoms with Crippen molar-refractivity contribution < 1.29 is 13.7 Å². The molecule has 0 aliphatic carbocycles. The fourth-order valence-electron chi connectivity index (χ4n) is 3.26. The molecule has 0 saturated carbocycles. The normalized spacial score (nSPS) is 18.7. The fourth-order valence-corrected chi connectivity index (χ4v) is 3.26. The number of carbonyl (C=O) groups excluding carboxylic acids is 1. The van der Waals surface area contributed by atoms with Gasteiger partial charge in [-0.05, 0) is 12.1 Å². The van der Waals surface area contributed by atoms with Crippen molar-refractivity contribution in [1.82, 2.24) is 10.1 Å². The molecular weight excluding hydrogens is 313 g/mol.